The summed E-state index contributed by atoms with van der Waals surface area (Å²) in [4.78, 5) is 29.5. The molecule has 1 rings (SSSR count). The molecule has 1 heterocycles. The molecule has 0 aliphatic heterocycles. The van der Waals surface area contributed by atoms with Gasteiger partial charge >= 0.3 is 5.69 Å². The maximum atomic E-state index is 12.4. The largest absolute Gasteiger partial charge is 0.383 e. The van der Waals surface area contributed by atoms with Gasteiger partial charge in [-0.05, 0) is 18.6 Å². The molecule has 9 nitrogen and oxygen atoms in total. The number of hydrogen-bond donors (Lipinski definition) is 4. The maximum absolute atomic E-state index is 12.4. The lowest BCUT2D eigenvalue weighted by Crippen LogP contribution is -3.06. The Bertz CT molecular complexity index is 685. The van der Waals surface area contributed by atoms with Gasteiger partial charge < -0.3 is 25.6 Å². The number of likely N-dealkylation sites (N-methyl/N-ethyl adjacent to an activating group) is 1. The van der Waals surface area contributed by atoms with Crippen LogP contribution < -0.4 is 32.1 Å². The van der Waals surface area contributed by atoms with E-state index >= 15 is 0 Å². The number of anilines is 2. The summed E-state index contributed by atoms with van der Waals surface area (Å²) in [5.41, 5.74) is 5.21. The minimum Gasteiger partial charge on any atom is -0.383 e. The van der Waals surface area contributed by atoms with Gasteiger partial charge in [-0.2, -0.15) is 0 Å². The molecule has 1 aromatic rings. The first-order valence-electron chi connectivity index (χ1n) is 8.29. The van der Waals surface area contributed by atoms with Crippen LogP contribution in [0.5, 0.6) is 0 Å². The molecule has 0 radical (unpaired) electrons. The van der Waals surface area contributed by atoms with Gasteiger partial charge in [0, 0.05) is 20.2 Å². The number of nitrogens with two attached hydrogens (primary N) is 1. The lowest BCUT2D eigenvalue weighted by molar-refractivity contribution is -0.856. The molecule has 5 N–H and O–H groups in total. The monoisotopic (exact) mass is 373 g/mol. The van der Waals surface area contributed by atoms with Crippen LogP contribution >= 0.6 is 12.2 Å². The average Bonchev–Trinajstić information content (AvgIpc) is 2.53. The van der Waals surface area contributed by atoms with Gasteiger partial charge in [-0.1, -0.05) is 6.92 Å². The van der Waals surface area contributed by atoms with E-state index in [0.717, 1.165) is 6.54 Å². The first-order valence-corrected chi connectivity index (χ1v) is 8.70. The molecule has 25 heavy (non-hydrogen) atoms. The van der Waals surface area contributed by atoms with Crippen LogP contribution in [0.15, 0.2) is 9.59 Å². The van der Waals surface area contributed by atoms with Crippen molar-refractivity contribution in [3.05, 3.63) is 20.8 Å². The number of nitrogens with one attached hydrogen (secondary N) is 3. The molecular formula is C15H29N6O3S+. The number of methoxy groups -OCH3 is 1. The normalized spacial score (nSPS) is 10.9. The number of aromatic nitrogens is 2. The zero-order valence-electron chi connectivity index (χ0n) is 15.3. The average molecular weight is 374 g/mol. The third kappa shape index (κ3) is 5.83. The van der Waals surface area contributed by atoms with Crippen LogP contribution in [0.2, 0.25) is 0 Å². The molecule has 142 valence electrons. The predicted octanol–water partition coefficient (Wildman–Crippen LogP) is -2.00. The third-order valence-corrected chi connectivity index (χ3v) is 3.96. The Labute approximate surface area is 152 Å². The molecule has 0 spiro atoms. The van der Waals surface area contributed by atoms with Gasteiger partial charge in [0.2, 0.25) is 0 Å². The summed E-state index contributed by atoms with van der Waals surface area (Å²) in [5, 5.41) is 3.50. The summed E-state index contributed by atoms with van der Waals surface area (Å²) < 4.78 is 6.46. The van der Waals surface area contributed by atoms with Crippen LogP contribution in [-0.4, -0.2) is 62.1 Å². The van der Waals surface area contributed by atoms with E-state index < -0.39 is 11.2 Å². The first kappa shape index (κ1) is 21.1. The molecule has 0 saturated carbocycles. The van der Waals surface area contributed by atoms with Crippen molar-refractivity contribution in [3.8, 4) is 0 Å². The standard InChI is InChI=1S/C15H28N6O3S/c1-5-7-21-12(16)11(13(22)18-14(21)23)20(9-10-24-4)15(25)17-6-8-19(2)3/h5-10,16H2,1-4H3,(H,17,25)(H,18,22,23)/p+1. The molecule has 0 amide bonds. The van der Waals surface area contributed by atoms with E-state index in [1.54, 1.807) is 12.0 Å². The Balaban J connectivity index is 3.22. The smallest absolute Gasteiger partial charge is 0.330 e. The second-order valence-electron chi connectivity index (χ2n) is 5.98. The summed E-state index contributed by atoms with van der Waals surface area (Å²) in [6.45, 7) is 4.55. The first-order chi connectivity index (χ1) is 11.8. The summed E-state index contributed by atoms with van der Waals surface area (Å²) >= 11 is 5.44. The zero-order chi connectivity index (χ0) is 19.0. The van der Waals surface area contributed by atoms with Crippen LogP contribution in [0.1, 0.15) is 13.3 Å². The van der Waals surface area contributed by atoms with E-state index in [4.69, 9.17) is 22.7 Å². The van der Waals surface area contributed by atoms with Gasteiger partial charge in [0.1, 0.15) is 5.82 Å². The fourth-order valence-electron chi connectivity index (χ4n) is 2.30. The van der Waals surface area contributed by atoms with Crippen molar-refractivity contribution in [2.24, 2.45) is 0 Å². The van der Waals surface area contributed by atoms with E-state index in [0.29, 0.717) is 37.8 Å². The van der Waals surface area contributed by atoms with Crippen LogP contribution in [0.3, 0.4) is 0 Å². The third-order valence-electron chi connectivity index (χ3n) is 3.60. The van der Waals surface area contributed by atoms with Crippen LogP contribution in [-0.2, 0) is 11.3 Å². The van der Waals surface area contributed by atoms with Crippen LogP contribution in [0.25, 0.3) is 0 Å². The Morgan fingerprint density at radius 2 is 2.12 bits per heavy atom. The summed E-state index contributed by atoms with van der Waals surface area (Å²) in [6.07, 6.45) is 0.710. The SMILES string of the molecule is CCCn1c(N)c(N(CCOC)C(=S)NCC[NH+](C)C)c(=O)[nH]c1=O. The minimum atomic E-state index is -0.562. The molecule has 0 aliphatic carbocycles. The van der Waals surface area contributed by atoms with Crippen molar-refractivity contribution in [3.63, 3.8) is 0 Å². The van der Waals surface area contributed by atoms with Gasteiger partial charge in [0.05, 0.1) is 33.8 Å². The topological polar surface area (TPSA) is 110 Å². The number of nitrogen functional groups attached to an aromatic ring is 1. The quantitative estimate of drug-likeness (QED) is 0.371. The highest BCUT2D eigenvalue weighted by molar-refractivity contribution is 7.80. The molecule has 0 fully saturated rings. The molecule has 0 aromatic carbocycles. The number of rotatable bonds is 9. The lowest BCUT2D eigenvalue weighted by atomic mass is 10.3. The Morgan fingerprint density at radius 3 is 2.68 bits per heavy atom. The van der Waals surface area contributed by atoms with Crippen molar-refractivity contribution in [2.75, 3.05) is 58.1 Å². The fourth-order valence-corrected chi connectivity index (χ4v) is 2.58. The van der Waals surface area contributed by atoms with Crippen LogP contribution in [0, 0.1) is 0 Å². The Morgan fingerprint density at radius 1 is 1.44 bits per heavy atom. The van der Waals surface area contributed by atoms with Gasteiger partial charge in [0.15, 0.2) is 10.8 Å². The number of quaternary nitrogens is 1. The molecule has 0 bridgehead atoms. The number of thiocarbonyl (C=S) groups is 1. The number of hydrogen-bond acceptors (Lipinski definition) is 5. The molecule has 0 saturated heterocycles. The van der Waals surface area contributed by atoms with E-state index in [2.05, 4.69) is 10.3 Å². The van der Waals surface area contributed by atoms with E-state index in [1.165, 1.54) is 9.47 Å². The molecule has 1 aromatic heterocycles. The Kier molecular flexibility index (Phi) is 8.59. The number of ether oxygens (including phenoxy) is 1. The highest BCUT2D eigenvalue weighted by atomic mass is 32.1. The van der Waals surface area contributed by atoms with Gasteiger partial charge in [-0.15, -0.1) is 0 Å². The highest BCUT2D eigenvalue weighted by Gasteiger charge is 2.21. The second kappa shape index (κ2) is 10.2. The van der Waals surface area contributed by atoms with Gasteiger partial charge in [-0.25, -0.2) is 4.79 Å². The van der Waals surface area contributed by atoms with E-state index in [1.807, 2.05) is 21.0 Å². The molecular weight excluding hydrogens is 344 g/mol. The number of H-pyrrole nitrogens is 1. The highest BCUT2D eigenvalue weighted by Crippen LogP contribution is 2.17. The maximum Gasteiger partial charge on any atom is 0.330 e. The summed E-state index contributed by atoms with van der Waals surface area (Å²) in [5.74, 6) is 0.106. The van der Waals surface area contributed by atoms with Crippen molar-refractivity contribution in [2.45, 2.75) is 19.9 Å². The van der Waals surface area contributed by atoms with Gasteiger partial charge in [0.25, 0.3) is 5.56 Å². The zero-order valence-corrected chi connectivity index (χ0v) is 16.2. The molecule has 10 heteroatoms. The van der Waals surface area contributed by atoms with E-state index in [9.17, 15) is 9.59 Å². The summed E-state index contributed by atoms with van der Waals surface area (Å²) in [7, 11) is 5.64. The minimum absolute atomic E-state index is 0.106. The van der Waals surface area contributed by atoms with Crippen LogP contribution in [0.4, 0.5) is 11.5 Å². The van der Waals surface area contributed by atoms with Crippen molar-refractivity contribution >= 4 is 28.8 Å². The lowest BCUT2D eigenvalue weighted by Gasteiger charge is -2.27. The van der Waals surface area contributed by atoms with Crippen molar-refractivity contribution in [1.82, 2.24) is 14.9 Å². The molecule has 0 atom stereocenters. The van der Waals surface area contributed by atoms with E-state index in [-0.39, 0.29) is 11.5 Å². The molecule has 0 unspecified atom stereocenters. The predicted molar refractivity (Wildman–Crippen MR) is 104 cm³/mol. The van der Waals surface area contributed by atoms with Gasteiger partial charge in [-0.3, -0.25) is 14.3 Å². The number of nitrogens with zero attached hydrogens (tertiary/aromatic N) is 2. The van der Waals surface area contributed by atoms with Crippen molar-refractivity contribution < 1.29 is 9.64 Å². The second-order valence-corrected chi connectivity index (χ2v) is 6.36. The van der Waals surface area contributed by atoms with Crippen molar-refractivity contribution in [1.29, 1.82) is 0 Å². The number of aromatic amines is 1. The fraction of sp³-hybridized carbons (Fsp3) is 0.667. The molecule has 0 aliphatic rings. The summed E-state index contributed by atoms with van der Waals surface area (Å²) in [6, 6.07) is 0. The Hall–Kier alpha value is -1.91.